The summed E-state index contributed by atoms with van der Waals surface area (Å²) in [7, 11) is 0. The molecule has 98 valence electrons. The summed E-state index contributed by atoms with van der Waals surface area (Å²) in [4.78, 5) is 6.47. The second kappa shape index (κ2) is 5.82. The van der Waals surface area contributed by atoms with Gasteiger partial charge in [-0.1, -0.05) is 0 Å². The highest BCUT2D eigenvalue weighted by Gasteiger charge is 2.20. The number of pyridine rings is 1. The Labute approximate surface area is 107 Å². The Morgan fingerprint density at radius 2 is 2.44 bits per heavy atom. The van der Waals surface area contributed by atoms with Crippen molar-refractivity contribution in [3.05, 3.63) is 24.0 Å². The number of anilines is 1. The number of amidine groups is 1. The summed E-state index contributed by atoms with van der Waals surface area (Å²) in [5.74, 6) is 0.00684. The molecule has 0 aromatic carbocycles. The van der Waals surface area contributed by atoms with E-state index in [-0.39, 0.29) is 5.84 Å². The van der Waals surface area contributed by atoms with Crippen LogP contribution in [0.4, 0.5) is 5.69 Å². The summed E-state index contributed by atoms with van der Waals surface area (Å²) in [6.07, 6.45) is 4.37. The van der Waals surface area contributed by atoms with Crippen LogP contribution in [0.5, 0.6) is 0 Å². The van der Waals surface area contributed by atoms with Crippen molar-refractivity contribution in [1.82, 2.24) is 4.98 Å². The van der Waals surface area contributed by atoms with E-state index in [2.05, 4.69) is 9.88 Å². The Morgan fingerprint density at radius 3 is 3.06 bits per heavy atom. The monoisotopic (exact) mass is 248 g/mol. The molecule has 5 nitrogen and oxygen atoms in total. The van der Waals surface area contributed by atoms with Gasteiger partial charge in [-0.15, -0.1) is 0 Å². The molecule has 1 aromatic rings. The molecule has 1 fully saturated rings. The molecule has 1 aliphatic heterocycles. The molecule has 0 bridgehead atoms. The molecule has 0 radical (unpaired) electrons. The molecule has 1 aromatic heterocycles. The molecule has 18 heavy (non-hydrogen) atoms. The van der Waals surface area contributed by atoms with Crippen molar-refractivity contribution in [3.63, 3.8) is 0 Å². The fourth-order valence-electron chi connectivity index (χ4n) is 2.28. The van der Waals surface area contributed by atoms with Gasteiger partial charge in [0.25, 0.3) is 0 Å². The first-order valence-corrected chi connectivity index (χ1v) is 6.37. The Morgan fingerprint density at radius 1 is 1.61 bits per heavy atom. The minimum absolute atomic E-state index is 0.00684. The van der Waals surface area contributed by atoms with E-state index in [0.29, 0.717) is 11.8 Å². The van der Waals surface area contributed by atoms with Gasteiger partial charge in [0, 0.05) is 19.7 Å². The maximum absolute atomic E-state index is 7.32. The topological polar surface area (TPSA) is 75.2 Å². The van der Waals surface area contributed by atoms with Crippen molar-refractivity contribution < 1.29 is 4.74 Å². The molecule has 1 aliphatic rings. The highest BCUT2D eigenvalue weighted by molar-refractivity contribution is 5.93. The molecule has 3 N–H and O–H groups in total. The van der Waals surface area contributed by atoms with E-state index in [1.807, 2.05) is 13.0 Å². The Balaban J connectivity index is 2.04. The van der Waals surface area contributed by atoms with Gasteiger partial charge in [0.2, 0.25) is 0 Å². The van der Waals surface area contributed by atoms with Crippen molar-refractivity contribution >= 4 is 11.5 Å². The quantitative estimate of drug-likeness (QED) is 0.623. The number of piperidine rings is 1. The number of aromatic nitrogens is 1. The van der Waals surface area contributed by atoms with Crippen LogP contribution in [-0.2, 0) is 4.74 Å². The van der Waals surface area contributed by atoms with Crippen LogP contribution >= 0.6 is 0 Å². The van der Waals surface area contributed by atoms with E-state index in [9.17, 15) is 0 Å². The second-order valence-corrected chi connectivity index (χ2v) is 4.48. The van der Waals surface area contributed by atoms with Gasteiger partial charge in [0.15, 0.2) is 0 Å². The summed E-state index contributed by atoms with van der Waals surface area (Å²) in [5, 5.41) is 7.32. The number of nitrogen functional groups attached to an aromatic ring is 1. The van der Waals surface area contributed by atoms with E-state index in [4.69, 9.17) is 15.9 Å². The Hall–Kier alpha value is -1.62. The first-order chi connectivity index (χ1) is 8.70. The Bertz CT molecular complexity index is 402. The maximum atomic E-state index is 7.32. The lowest BCUT2D eigenvalue weighted by Gasteiger charge is -2.33. The smallest absolute Gasteiger partial charge is 0.141 e. The number of rotatable bonds is 4. The molecule has 1 atom stereocenters. The lowest BCUT2D eigenvalue weighted by atomic mass is 10.1. The van der Waals surface area contributed by atoms with Gasteiger partial charge in [0.1, 0.15) is 11.5 Å². The molecule has 0 aliphatic carbocycles. The molecule has 0 amide bonds. The zero-order valence-electron chi connectivity index (χ0n) is 10.7. The number of nitrogens with zero attached hydrogens (tertiary/aromatic N) is 2. The predicted octanol–water partition coefficient (Wildman–Crippen LogP) is 1.37. The van der Waals surface area contributed by atoms with Crippen molar-refractivity contribution in [2.45, 2.75) is 25.9 Å². The van der Waals surface area contributed by atoms with Gasteiger partial charge >= 0.3 is 0 Å². The highest BCUT2D eigenvalue weighted by Crippen LogP contribution is 2.20. The van der Waals surface area contributed by atoms with E-state index >= 15 is 0 Å². The Kier molecular flexibility index (Phi) is 4.15. The summed E-state index contributed by atoms with van der Waals surface area (Å²) >= 11 is 0. The summed E-state index contributed by atoms with van der Waals surface area (Å²) < 4.78 is 5.68. The average Bonchev–Trinajstić information content (AvgIpc) is 2.39. The number of hydrogen-bond acceptors (Lipinski definition) is 4. The molecule has 1 saturated heterocycles. The lowest BCUT2D eigenvalue weighted by molar-refractivity contribution is 0.0526. The first kappa shape index (κ1) is 12.8. The first-order valence-electron chi connectivity index (χ1n) is 6.37. The largest absolute Gasteiger partial charge is 0.382 e. The normalized spacial score (nSPS) is 19.8. The van der Waals surface area contributed by atoms with Crippen molar-refractivity contribution in [1.29, 1.82) is 5.41 Å². The molecular formula is C13H20N4O. The molecular weight excluding hydrogens is 228 g/mol. The van der Waals surface area contributed by atoms with Crippen LogP contribution in [0.15, 0.2) is 18.3 Å². The van der Waals surface area contributed by atoms with Crippen LogP contribution in [0.3, 0.4) is 0 Å². The number of hydrogen-bond donors (Lipinski definition) is 2. The third kappa shape index (κ3) is 2.98. The van der Waals surface area contributed by atoms with Gasteiger partial charge in [-0.2, -0.15) is 0 Å². The number of ether oxygens (including phenoxy) is 1. The van der Waals surface area contributed by atoms with E-state index in [1.54, 1.807) is 12.3 Å². The fraction of sp³-hybridized carbons (Fsp3) is 0.538. The van der Waals surface area contributed by atoms with Gasteiger partial charge in [-0.25, -0.2) is 0 Å². The van der Waals surface area contributed by atoms with Gasteiger partial charge in [0.05, 0.1) is 18.0 Å². The molecule has 2 rings (SSSR count). The predicted molar refractivity (Wildman–Crippen MR) is 72.1 cm³/mol. The van der Waals surface area contributed by atoms with Crippen LogP contribution in [-0.4, -0.2) is 36.6 Å². The maximum Gasteiger partial charge on any atom is 0.141 e. The molecule has 0 saturated carbocycles. The zero-order valence-corrected chi connectivity index (χ0v) is 10.7. The summed E-state index contributed by atoms with van der Waals surface area (Å²) in [5.41, 5.74) is 6.99. The zero-order chi connectivity index (χ0) is 13.0. The van der Waals surface area contributed by atoms with Crippen LogP contribution in [0.1, 0.15) is 25.5 Å². The SMILES string of the molecule is CCOC1CCCN(c2ccc(C(=N)N)nc2)C1. The van der Waals surface area contributed by atoms with E-state index in [1.165, 1.54) is 0 Å². The minimum Gasteiger partial charge on any atom is -0.382 e. The van der Waals surface area contributed by atoms with E-state index < -0.39 is 0 Å². The summed E-state index contributed by atoms with van der Waals surface area (Å²) in [6.45, 7) is 4.74. The highest BCUT2D eigenvalue weighted by atomic mass is 16.5. The van der Waals surface area contributed by atoms with Crippen LogP contribution < -0.4 is 10.6 Å². The van der Waals surface area contributed by atoms with Gasteiger partial charge in [-0.05, 0) is 31.9 Å². The van der Waals surface area contributed by atoms with E-state index in [0.717, 1.165) is 38.2 Å². The van der Waals surface area contributed by atoms with Gasteiger partial charge < -0.3 is 15.4 Å². The minimum atomic E-state index is 0.00684. The van der Waals surface area contributed by atoms with Crippen molar-refractivity contribution in [2.24, 2.45) is 5.73 Å². The van der Waals surface area contributed by atoms with Crippen LogP contribution in [0, 0.1) is 5.41 Å². The third-order valence-electron chi connectivity index (χ3n) is 3.17. The molecule has 0 spiro atoms. The van der Waals surface area contributed by atoms with Crippen molar-refractivity contribution in [2.75, 3.05) is 24.6 Å². The lowest BCUT2D eigenvalue weighted by Crippen LogP contribution is -2.39. The second-order valence-electron chi connectivity index (χ2n) is 4.48. The molecule has 5 heteroatoms. The standard InChI is InChI=1S/C13H20N4O/c1-2-18-11-4-3-7-17(9-11)10-5-6-12(13(14)15)16-8-10/h5-6,8,11H,2-4,7,9H2,1H3,(H3,14,15). The third-order valence-corrected chi connectivity index (χ3v) is 3.17. The number of nitrogens with two attached hydrogens (primary N) is 1. The van der Waals surface area contributed by atoms with Gasteiger partial charge in [-0.3, -0.25) is 10.4 Å². The van der Waals surface area contributed by atoms with Crippen molar-refractivity contribution in [3.8, 4) is 0 Å². The molecule has 1 unspecified atom stereocenters. The summed E-state index contributed by atoms with van der Waals surface area (Å²) in [6, 6.07) is 3.76. The van der Waals surface area contributed by atoms with Crippen LogP contribution in [0.25, 0.3) is 0 Å². The molecule has 2 heterocycles. The fourth-order valence-corrected chi connectivity index (χ4v) is 2.28. The number of nitrogens with one attached hydrogen (secondary N) is 1. The van der Waals surface area contributed by atoms with Crippen LogP contribution in [0.2, 0.25) is 0 Å². The average molecular weight is 248 g/mol.